The summed E-state index contributed by atoms with van der Waals surface area (Å²) in [6, 6.07) is 0.0361. The van der Waals surface area contributed by atoms with Gasteiger partial charge in [-0.15, -0.1) is 0 Å². The number of urea groups is 1. The molecular formula is C12H21N2O. The van der Waals surface area contributed by atoms with Crippen LogP contribution in [0.25, 0.3) is 0 Å². The molecule has 0 spiro atoms. The molecule has 3 nitrogen and oxygen atoms in total. The van der Waals surface area contributed by atoms with E-state index in [4.69, 9.17) is 0 Å². The van der Waals surface area contributed by atoms with Crippen LogP contribution in [0.5, 0.6) is 0 Å². The summed E-state index contributed by atoms with van der Waals surface area (Å²) in [5.74, 6) is 0.864. The van der Waals surface area contributed by atoms with E-state index >= 15 is 0 Å². The Labute approximate surface area is 92.2 Å². The first-order valence-electron chi connectivity index (χ1n) is 6.32. The van der Waals surface area contributed by atoms with E-state index in [0.29, 0.717) is 0 Å². The van der Waals surface area contributed by atoms with Crippen LogP contribution in [0, 0.1) is 5.92 Å². The Morgan fingerprint density at radius 2 is 1.87 bits per heavy atom. The van der Waals surface area contributed by atoms with Crippen molar-refractivity contribution in [1.29, 1.82) is 0 Å². The van der Waals surface area contributed by atoms with Crippen molar-refractivity contribution >= 4 is 6.03 Å². The molecule has 0 aromatic heterocycles. The van der Waals surface area contributed by atoms with Crippen LogP contribution in [0.2, 0.25) is 0 Å². The summed E-state index contributed by atoms with van der Waals surface area (Å²) in [5.41, 5.74) is 0. The van der Waals surface area contributed by atoms with Crippen LogP contribution in [-0.2, 0) is 0 Å². The number of amides is 2. The Balaban J connectivity index is 1.58. The number of carbonyl (C=O) groups is 1. The maximum absolute atomic E-state index is 11.6. The van der Waals surface area contributed by atoms with Gasteiger partial charge in [0.05, 0.1) is 0 Å². The van der Waals surface area contributed by atoms with Gasteiger partial charge in [0, 0.05) is 19.6 Å². The molecular weight excluding hydrogens is 188 g/mol. The average Bonchev–Trinajstić information content (AvgIpc) is 2.23. The third kappa shape index (κ3) is 3.11. The fourth-order valence-corrected chi connectivity index (χ4v) is 2.31. The van der Waals surface area contributed by atoms with E-state index in [0.717, 1.165) is 44.8 Å². The molecule has 0 bridgehead atoms. The number of rotatable bonds is 3. The first-order valence-corrected chi connectivity index (χ1v) is 6.32. The van der Waals surface area contributed by atoms with Crippen LogP contribution >= 0.6 is 0 Å². The first-order chi connectivity index (χ1) is 7.36. The third-order valence-corrected chi connectivity index (χ3v) is 3.64. The molecule has 0 N–H and O–H groups in total. The van der Waals surface area contributed by atoms with Crippen LogP contribution in [0.1, 0.15) is 44.9 Å². The van der Waals surface area contributed by atoms with Crippen molar-refractivity contribution in [2.75, 3.05) is 19.6 Å². The average molecular weight is 209 g/mol. The van der Waals surface area contributed by atoms with E-state index in [2.05, 4.69) is 5.32 Å². The summed E-state index contributed by atoms with van der Waals surface area (Å²) in [5, 5.41) is 4.16. The van der Waals surface area contributed by atoms with E-state index in [-0.39, 0.29) is 6.03 Å². The third-order valence-electron chi connectivity index (χ3n) is 3.64. The SMILES string of the molecule is O=C([N]CCC1CCC1)N1CCCCC1. The zero-order valence-electron chi connectivity index (χ0n) is 9.45. The Morgan fingerprint density at radius 3 is 2.47 bits per heavy atom. The molecule has 1 saturated heterocycles. The molecule has 1 saturated carbocycles. The number of piperidine rings is 1. The monoisotopic (exact) mass is 209 g/mol. The van der Waals surface area contributed by atoms with Gasteiger partial charge < -0.3 is 4.90 Å². The predicted molar refractivity (Wildman–Crippen MR) is 59.8 cm³/mol. The maximum Gasteiger partial charge on any atom is 0.338 e. The van der Waals surface area contributed by atoms with Crippen molar-refractivity contribution < 1.29 is 4.79 Å². The van der Waals surface area contributed by atoms with Gasteiger partial charge in [-0.1, -0.05) is 19.3 Å². The molecule has 3 heteroatoms. The summed E-state index contributed by atoms with van der Waals surface area (Å²) in [6.45, 7) is 2.59. The fraction of sp³-hybridized carbons (Fsp3) is 0.917. The minimum Gasteiger partial charge on any atom is -0.323 e. The molecule has 2 fully saturated rings. The van der Waals surface area contributed by atoms with E-state index < -0.39 is 0 Å². The molecule has 0 atom stereocenters. The molecule has 1 heterocycles. The molecule has 1 aliphatic carbocycles. The van der Waals surface area contributed by atoms with Crippen LogP contribution in [0.4, 0.5) is 4.79 Å². The van der Waals surface area contributed by atoms with Crippen molar-refractivity contribution in [3.05, 3.63) is 0 Å². The number of nitrogens with zero attached hydrogens (tertiary/aromatic N) is 2. The number of hydrogen-bond acceptors (Lipinski definition) is 1. The Bertz CT molecular complexity index is 208. The van der Waals surface area contributed by atoms with Crippen molar-refractivity contribution in [3.8, 4) is 0 Å². The van der Waals surface area contributed by atoms with Crippen molar-refractivity contribution in [2.45, 2.75) is 44.9 Å². The second-order valence-electron chi connectivity index (χ2n) is 4.80. The number of hydrogen-bond donors (Lipinski definition) is 0. The van der Waals surface area contributed by atoms with Crippen LogP contribution < -0.4 is 5.32 Å². The van der Waals surface area contributed by atoms with Gasteiger partial charge in [-0.05, 0) is 31.6 Å². The number of likely N-dealkylation sites (tertiary alicyclic amines) is 1. The molecule has 0 unspecified atom stereocenters. The van der Waals surface area contributed by atoms with E-state index in [1.807, 2.05) is 4.90 Å². The number of carbonyl (C=O) groups excluding carboxylic acids is 1. The minimum absolute atomic E-state index is 0.0361. The topological polar surface area (TPSA) is 34.4 Å². The molecule has 85 valence electrons. The van der Waals surface area contributed by atoms with Gasteiger partial charge in [-0.25, -0.2) is 10.1 Å². The molecule has 2 aliphatic rings. The van der Waals surface area contributed by atoms with Gasteiger partial charge in [-0.2, -0.15) is 0 Å². The van der Waals surface area contributed by atoms with Crippen molar-refractivity contribution in [3.63, 3.8) is 0 Å². The Morgan fingerprint density at radius 1 is 1.13 bits per heavy atom. The second-order valence-corrected chi connectivity index (χ2v) is 4.80. The Hall–Kier alpha value is -0.730. The van der Waals surface area contributed by atoms with Crippen LogP contribution in [-0.4, -0.2) is 30.6 Å². The lowest BCUT2D eigenvalue weighted by Gasteiger charge is -2.27. The van der Waals surface area contributed by atoms with Crippen LogP contribution in [0.3, 0.4) is 0 Å². The van der Waals surface area contributed by atoms with E-state index in [9.17, 15) is 4.79 Å². The highest BCUT2D eigenvalue weighted by atomic mass is 16.2. The highest BCUT2D eigenvalue weighted by Gasteiger charge is 2.20. The lowest BCUT2D eigenvalue weighted by atomic mass is 9.83. The molecule has 0 aromatic carbocycles. The zero-order chi connectivity index (χ0) is 10.5. The highest BCUT2D eigenvalue weighted by molar-refractivity contribution is 5.73. The smallest absolute Gasteiger partial charge is 0.323 e. The molecule has 1 aliphatic heterocycles. The standard InChI is InChI=1S/C12H21N2O/c15-12(14-9-2-1-3-10-14)13-8-7-11-5-4-6-11/h11H,1-10H2. The molecule has 15 heavy (non-hydrogen) atoms. The first kappa shape index (κ1) is 10.8. The van der Waals surface area contributed by atoms with Gasteiger partial charge in [0.2, 0.25) is 0 Å². The lowest BCUT2D eigenvalue weighted by Crippen LogP contribution is -2.40. The normalized spacial score (nSPS) is 22.3. The second kappa shape index (κ2) is 5.38. The Kier molecular flexibility index (Phi) is 3.87. The lowest BCUT2D eigenvalue weighted by molar-refractivity contribution is 0.183. The van der Waals surface area contributed by atoms with Crippen LogP contribution in [0.15, 0.2) is 0 Å². The fourth-order valence-electron chi connectivity index (χ4n) is 2.31. The molecule has 2 amide bonds. The highest BCUT2D eigenvalue weighted by Crippen LogP contribution is 2.28. The van der Waals surface area contributed by atoms with Gasteiger partial charge in [-0.3, -0.25) is 0 Å². The summed E-state index contributed by atoms with van der Waals surface area (Å²) < 4.78 is 0. The molecule has 0 aromatic rings. The van der Waals surface area contributed by atoms with Crippen molar-refractivity contribution in [1.82, 2.24) is 10.2 Å². The summed E-state index contributed by atoms with van der Waals surface area (Å²) in [7, 11) is 0. The minimum atomic E-state index is 0.0361. The predicted octanol–water partition coefficient (Wildman–Crippen LogP) is 2.39. The maximum atomic E-state index is 11.6. The van der Waals surface area contributed by atoms with Gasteiger partial charge in [0.25, 0.3) is 0 Å². The van der Waals surface area contributed by atoms with Gasteiger partial charge in [0.1, 0.15) is 0 Å². The molecule has 2 rings (SSSR count). The van der Waals surface area contributed by atoms with E-state index in [1.54, 1.807) is 0 Å². The largest absolute Gasteiger partial charge is 0.338 e. The van der Waals surface area contributed by atoms with Crippen molar-refractivity contribution in [2.24, 2.45) is 5.92 Å². The van der Waals surface area contributed by atoms with E-state index in [1.165, 1.54) is 25.7 Å². The van der Waals surface area contributed by atoms with Gasteiger partial charge >= 0.3 is 6.03 Å². The zero-order valence-corrected chi connectivity index (χ0v) is 9.45. The molecule has 1 radical (unpaired) electrons. The summed E-state index contributed by atoms with van der Waals surface area (Å²) in [4.78, 5) is 13.6. The summed E-state index contributed by atoms with van der Waals surface area (Å²) in [6.07, 6.45) is 8.80. The quantitative estimate of drug-likeness (QED) is 0.702. The van der Waals surface area contributed by atoms with Gasteiger partial charge in [0.15, 0.2) is 0 Å². The summed E-state index contributed by atoms with van der Waals surface area (Å²) >= 11 is 0.